The fourth-order valence-corrected chi connectivity index (χ4v) is 4.36. The van der Waals surface area contributed by atoms with Gasteiger partial charge in [0.15, 0.2) is 0 Å². The molecule has 4 nitrogen and oxygen atoms in total. The molecular formula is C16H29N3O. The van der Waals surface area contributed by atoms with Gasteiger partial charge < -0.3 is 10.2 Å². The smallest absolute Gasteiger partial charge is 0.239 e. The van der Waals surface area contributed by atoms with Crippen LogP contribution in [0.3, 0.4) is 0 Å². The Morgan fingerprint density at radius 2 is 1.75 bits per heavy atom. The van der Waals surface area contributed by atoms with Crippen LogP contribution in [0.15, 0.2) is 0 Å². The number of nitrogens with zero attached hydrogens (tertiary/aromatic N) is 2. The molecule has 0 aromatic carbocycles. The fourth-order valence-electron chi connectivity index (χ4n) is 4.36. The quantitative estimate of drug-likeness (QED) is 0.849. The summed E-state index contributed by atoms with van der Waals surface area (Å²) in [5.74, 6) is 1.18. The summed E-state index contributed by atoms with van der Waals surface area (Å²) < 4.78 is 0. The minimum absolute atomic E-state index is 0.0686. The Labute approximate surface area is 122 Å². The van der Waals surface area contributed by atoms with Crippen molar-refractivity contribution >= 4 is 5.91 Å². The summed E-state index contributed by atoms with van der Waals surface area (Å²) in [5, 5.41) is 3.37. The van der Waals surface area contributed by atoms with Crippen LogP contribution in [-0.4, -0.2) is 60.5 Å². The van der Waals surface area contributed by atoms with Gasteiger partial charge in [-0.15, -0.1) is 0 Å². The molecule has 1 amide bonds. The second-order valence-electron chi connectivity index (χ2n) is 6.75. The molecule has 20 heavy (non-hydrogen) atoms. The van der Waals surface area contributed by atoms with Crippen LogP contribution in [0, 0.1) is 5.92 Å². The van der Waals surface area contributed by atoms with Crippen LogP contribution in [0.1, 0.15) is 45.4 Å². The predicted molar refractivity (Wildman–Crippen MR) is 80.6 cm³/mol. The SMILES string of the molecule is CC(C(=O)N1CCCC1C1CCCC1)N1CCNCC1. The lowest BCUT2D eigenvalue weighted by atomic mass is 9.95. The van der Waals surface area contributed by atoms with Crippen LogP contribution in [0.4, 0.5) is 0 Å². The molecule has 3 fully saturated rings. The van der Waals surface area contributed by atoms with Gasteiger partial charge in [0.05, 0.1) is 6.04 Å². The number of amides is 1. The lowest BCUT2D eigenvalue weighted by molar-refractivity contribution is -0.138. The van der Waals surface area contributed by atoms with E-state index in [1.165, 1.54) is 38.5 Å². The van der Waals surface area contributed by atoms with Crippen molar-refractivity contribution in [2.75, 3.05) is 32.7 Å². The summed E-state index contributed by atoms with van der Waals surface area (Å²) in [5.41, 5.74) is 0. The third-order valence-corrected chi connectivity index (χ3v) is 5.58. The minimum atomic E-state index is 0.0686. The average molecular weight is 279 g/mol. The number of nitrogens with one attached hydrogen (secondary N) is 1. The maximum Gasteiger partial charge on any atom is 0.239 e. The van der Waals surface area contributed by atoms with Gasteiger partial charge in [-0.1, -0.05) is 12.8 Å². The Kier molecular flexibility index (Phi) is 4.61. The molecule has 2 saturated heterocycles. The third-order valence-electron chi connectivity index (χ3n) is 5.58. The van der Waals surface area contributed by atoms with E-state index in [4.69, 9.17) is 0 Å². The summed E-state index contributed by atoms with van der Waals surface area (Å²) in [7, 11) is 0. The number of carbonyl (C=O) groups excluding carboxylic acids is 1. The van der Waals surface area contributed by atoms with Crippen molar-refractivity contribution in [1.29, 1.82) is 0 Å². The Bertz CT molecular complexity index is 335. The van der Waals surface area contributed by atoms with Crippen LogP contribution >= 0.6 is 0 Å². The van der Waals surface area contributed by atoms with Crippen molar-refractivity contribution in [2.24, 2.45) is 5.92 Å². The summed E-state index contributed by atoms with van der Waals surface area (Å²) >= 11 is 0. The van der Waals surface area contributed by atoms with E-state index in [1.807, 2.05) is 0 Å². The molecule has 3 rings (SSSR count). The molecule has 4 heteroatoms. The van der Waals surface area contributed by atoms with Gasteiger partial charge in [-0.05, 0) is 38.5 Å². The number of hydrogen-bond acceptors (Lipinski definition) is 3. The first-order chi connectivity index (χ1) is 9.77. The Balaban J connectivity index is 1.62. The molecule has 2 atom stereocenters. The van der Waals surface area contributed by atoms with Gasteiger partial charge >= 0.3 is 0 Å². The molecule has 3 aliphatic rings. The second kappa shape index (κ2) is 6.44. The molecule has 0 spiro atoms. The average Bonchev–Trinajstić information content (AvgIpc) is 3.16. The first-order valence-electron chi connectivity index (χ1n) is 8.52. The Morgan fingerprint density at radius 1 is 1.05 bits per heavy atom. The minimum Gasteiger partial charge on any atom is -0.338 e. The number of hydrogen-bond donors (Lipinski definition) is 1. The standard InChI is InChI=1S/C16H29N3O/c1-13(18-11-8-17-9-12-18)16(20)19-10-4-7-15(19)14-5-2-3-6-14/h13-15,17H,2-12H2,1H3. The topological polar surface area (TPSA) is 35.6 Å². The molecule has 0 aromatic heterocycles. The summed E-state index contributed by atoms with van der Waals surface area (Å²) in [4.78, 5) is 17.5. The fraction of sp³-hybridized carbons (Fsp3) is 0.938. The third kappa shape index (κ3) is 2.86. The Hall–Kier alpha value is -0.610. The summed E-state index contributed by atoms with van der Waals surface area (Å²) in [6.45, 7) is 7.16. The molecule has 2 aliphatic heterocycles. The number of rotatable bonds is 3. The predicted octanol–water partition coefficient (Wildman–Crippen LogP) is 1.46. The first kappa shape index (κ1) is 14.3. The van der Waals surface area contributed by atoms with Gasteiger partial charge in [0.2, 0.25) is 5.91 Å². The van der Waals surface area contributed by atoms with Crippen molar-refractivity contribution < 1.29 is 4.79 Å². The highest BCUT2D eigenvalue weighted by Gasteiger charge is 2.38. The molecular weight excluding hydrogens is 250 g/mol. The maximum absolute atomic E-state index is 12.9. The van der Waals surface area contributed by atoms with E-state index in [0.717, 1.165) is 38.6 Å². The van der Waals surface area contributed by atoms with E-state index < -0.39 is 0 Å². The second-order valence-corrected chi connectivity index (χ2v) is 6.75. The number of likely N-dealkylation sites (tertiary alicyclic amines) is 1. The highest BCUT2D eigenvalue weighted by Crippen LogP contribution is 2.35. The van der Waals surface area contributed by atoms with Crippen molar-refractivity contribution in [3.05, 3.63) is 0 Å². The first-order valence-corrected chi connectivity index (χ1v) is 8.52. The lowest BCUT2D eigenvalue weighted by Crippen LogP contribution is -2.54. The molecule has 1 N–H and O–H groups in total. The van der Waals surface area contributed by atoms with Crippen LogP contribution in [0.5, 0.6) is 0 Å². The largest absolute Gasteiger partial charge is 0.338 e. The number of piperazine rings is 1. The summed E-state index contributed by atoms with van der Waals surface area (Å²) in [6, 6.07) is 0.620. The Morgan fingerprint density at radius 3 is 2.45 bits per heavy atom. The van der Waals surface area contributed by atoms with Gasteiger partial charge in [0, 0.05) is 38.8 Å². The van der Waals surface area contributed by atoms with E-state index in [1.54, 1.807) is 0 Å². The number of carbonyl (C=O) groups is 1. The van der Waals surface area contributed by atoms with Crippen molar-refractivity contribution in [3.8, 4) is 0 Å². The van der Waals surface area contributed by atoms with E-state index in [2.05, 4.69) is 22.0 Å². The van der Waals surface area contributed by atoms with Crippen LogP contribution in [0.25, 0.3) is 0 Å². The van der Waals surface area contributed by atoms with Gasteiger partial charge in [-0.2, -0.15) is 0 Å². The zero-order chi connectivity index (χ0) is 13.9. The molecule has 2 heterocycles. The zero-order valence-corrected chi connectivity index (χ0v) is 12.8. The molecule has 0 bridgehead atoms. The monoisotopic (exact) mass is 279 g/mol. The van der Waals surface area contributed by atoms with Crippen molar-refractivity contribution in [3.63, 3.8) is 0 Å². The van der Waals surface area contributed by atoms with Crippen molar-refractivity contribution in [2.45, 2.75) is 57.5 Å². The molecule has 114 valence electrons. The van der Waals surface area contributed by atoms with Gasteiger partial charge in [-0.3, -0.25) is 9.69 Å². The molecule has 2 unspecified atom stereocenters. The van der Waals surface area contributed by atoms with Crippen LogP contribution < -0.4 is 5.32 Å². The van der Waals surface area contributed by atoms with E-state index in [0.29, 0.717) is 11.9 Å². The van der Waals surface area contributed by atoms with Crippen LogP contribution in [0.2, 0.25) is 0 Å². The summed E-state index contributed by atoms with van der Waals surface area (Å²) in [6.07, 6.45) is 7.88. The zero-order valence-electron chi connectivity index (χ0n) is 12.8. The molecule has 0 aromatic rings. The molecule has 1 saturated carbocycles. The van der Waals surface area contributed by atoms with Gasteiger partial charge in [0.1, 0.15) is 0 Å². The van der Waals surface area contributed by atoms with Gasteiger partial charge in [0.25, 0.3) is 0 Å². The van der Waals surface area contributed by atoms with E-state index in [-0.39, 0.29) is 6.04 Å². The van der Waals surface area contributed by atoms with E-state index >= 15 is 0 Å². The highest BCUT2D eigenvalue weighted by atomic mass is 16.2. The highest BCUT2D eigenvalue weighted by molar-refractivity contribution is 5.82. The lowest BCUT2D eigenvalue weighted by Gasteiger charge is -2.37. The van der Waals surface area contributed by atoms with Gasteiger partial charge in [-0.25, -0.2) is 0 Å². The van der Waals surface area contributed by atoms with E-state index in [9.17, 15) is 4.79 Å². The van der Waals surface area contributed by atoms with Crippen molar-refractivity contribution in [1.82, 2.24) is 15.1 Å². The van der Waals surface area contributed by atoms with Crippen LogP contribution in [-0.2, 0) is 4.79 Å². The molecule has 0 radical (unpaired) electrons. The normalized spacial score (nSPS) is 30.9. The maximum atomic E-state index is 12.9. The molecule has 1 aliphatic carbocycles.